The zero-order valence-corrected chi connectivity index (χ0v) is 16.0. The minimum Gasteiger partial charge on any atom is -0.469 e. The lowest BCUT2D eigenvalue weighted by Gasteiger charge is -2.31. The number of fused-ring (bicyclic) bond motifs is 1. The van der Waals surface area contributed by atoms with Crippen LogP contribution in [0.5, 0.6) is 5.75 Å². The van der Waals surface area contributed by atoms with E-state index in [9.17, 15) is 19.7 Å². The molecule has 1 aromatic carbocycles. The van der Waals surface area contributed by atoms with Gasteiger partial charge < -0.3 is 24.9 Å². The molecule has 0 bridgehead atoms. The number of hydrogen-bond donors (Lipinski definition) is 1. The standard InChI is InChI=1S/C20H20N4O6/c25-17(21-11-14-7-4-10-29-14)12-23-19-15(8-9-16(22-19)24(27)28)30-18(20(23)26)13-5-2-1-3-6-13/h1-3,5-6,8-9,14,18H,4,7,10-12H2,(H,21,25). The van der Waals surface area contributed by atoms with Crippen LogP contribution in [-0.4, -0.2) is 47.5 Å². The van der Waals surface area contributed by atoms with E-state index in [2.05, 4.69) is 10.3 Å². The van der Waals surface area contributed by atoms with Gasteiger partial charge in [-0.25, -0.2) is 0 Å². The Bertz CT molecular complexity index is 961. The molecule has 156 valence electrons. The summed E-state index contributed by atoms with van der Waals surface area (Å²) in [5, 5.41) is 13.9. The maximum absolute atomic E-state index is 13.2. The van der Waals surface area contributed by atoms with E-state index >= 15 is 0 Å². The third-order valence-electron chi connectivity index (χ3n) is 4.96. The Hall–Kier alpha value is -3.53. The normalized spacial score (nSPS) is 20.4. The molecule has 10 heteroatoms. The quantitative estimate of drug-likeness (QED) is 0.566. The molecule has 2 aliphatic heterocycles. The monoisotopic (exact) mass is 412 g/mol. The number of nitrogens with zero attached hydrogens (tertiary/aromatic N) is 3. The van der Waals surface area contributed by atoms with Crippen molar-refractivity contribution in [2.24, 2.45) is 0 Å². The molecule has 1 saturated heterocycles. The number of aromatic nitrogens is 1. The van der Waals surface area contributed by atoms with Crippen LogP contribution in [0.2, 0.25) is 0 Å². The Morgan fingerprint density at radius 3 is 2.77 bits per heavy atom. The Kier molecular flexibility index (Phi) is 5.57. The molecular formula is C20H20N4O6. The summed E-state index contributed by atoms with van der Waals surface area (Å²) in [5.41, 5.74) is 0.608. The van der Waals surface area contributed by atoms with Crippen molar-refractivity contribution in [1.29, 1.82) is 0 Å². The van der Waals surface area contributed by atoms with E-state index in [1.165, 1.54) is 12.1 Å². The summed E-state index contributed by atoms with van der Waals surface area (Å²) in [5.74, 6) is -1.22. The summed E-state index contributed by atoms with van der Waals surface area (Å²) in [6.07, 6.45) is 0.789. The van der Waals surface area contributed by atoms with Gasteiger partial charge in [0.2, 0.25) is 12.0 Å². The highest BCUT2D eigenvalue weighted by molar-refractivity contribution is 6.03. The first-order valence-electron chi connectivity index (χ1n) is 9.59. The summed E-state index contributed by atoms with van der Waals surface area (Å²) in [7, 11) is 0. The molecule has 0 spiro atoms. The summed E-state index contributed by atoms with van der Waals surface area (Å²) < 4.78 is 11.3. The van der Waals surface area contributed by atoms with Gasteiger partial charge in [0, 0.05) is 24.8 Å². The van der Waals surface area contributed by atoms with E-state index in [4.69, 9.17) is 9.47 Å². The van der Waals surface area contributed by atoms with Crippen molar-refractivity contribution in [2.75, 3.05) is 24.6 Å². The SMILES string of the molecule is O=C(CN1C(=O)C(c2ccccc2)Oc2ccc([N+](=O)[O-])nc21)NCC1CCCO1. The number of benzene rings is 1. The zero-order valence-electron chi connectivity index (χ0n) is 16.0. The second kappa shape index (κ2) is 8.46. The average Bonchev–Trinajstić information content (AvgIpc) is 3.28. The highest BCUT2D eigenvalue weighted by atomic mass is 16.6. The van der Waals surface area contributed by atoms with Crippen molar-refractivity contribution >= 4 is 23.5 Å². The second-order valence-corrected chi connectivity index (χ2v) is 7.02. The number of anilines is 1. The van der Waals surface area contributed by atoms with Crippen LogP contribution in [0.3, 0.4) is 0 Å². The lowest BCUT2D eigenvalue weighted by atomic mass is 10.1. The molecule has 3 heterocycles. The Balaban J connectivity index is 1.60. The number of amides is 2. The summed E-state index contributed by atoms with van der Waals surface area (Å²) in [6, 6.07) is 11.4. The average molecular weight is 412 g/mol. The van der Waals surface area contributed by atoms with Gasteiger partial charge in [0.15, 0.2) is 5.75 Å². The van der Waals surface area contributed by atoms with E-state index in [0.29, 0.717) is 18.7 Å². The Labute approximate surface area is 171 Å². The van der Waals surface area contributed by atoms with Gasteiger partial charge in [-0.2, -0.15) is 0 Å². The smallest absolute Gasteiger partial charge is 0.366 e. The predicted molar refractivity (Wildman–Crippen MR) is 105 cm³/mol. The van der Waals surface area contributed by atoms with Crippen molar-refractivity contribution in [3.05, 3.63) is 58.1 Å². The first kappa shape index (κ1) is 19.8. The number of pyridine rings is 1. The van der Waals surface area contributed by atoms with Gasteiger partial charge in [-0.15, -0.1) is 0 Å². The molecule has 2 aromatic rings. The first-order valence-corrected chi connectivity index (χ1v) is 9.59. The predicted octanol–water partition coefficient (Wildman–Crippen LogP) is 1.75. The summed E-state index contributed by atoms with van der Waals surface area (Å²) in [4.78, 5) is 41.2. The van der Waals surface area contributed by atoms with Crippen molar-refractivity contribution in [2.45, 2.75) is 25.0 Å². The maximum Gasteiger partial charge on any atom is 0.366 e. The highest BCUT2D eigenvalue weighted by Crippen LogP contribution is 2.38. The Morgan fingerprint density at radius 1 is 1.27 bits per heavy atom. The van der Waals surface area contributed by atoms with Crippen molar-refractivity contribution in [3.63, 3.8) is 0 Å². The Morgan fingerprint density at radius 2 is 2.07 bits per heavy atom. The van der Waals surface area contributed by atoms with Crippen LogP contribution in [-0.2, 0) is 14.3 Å². The second-order valence-electron chi connectivity index (χ2n) is 7.02. The first-order chi connectivity index (χ1) is 14.5. The zero-order chi connectivity index (χ0) is 21.1. The third-order valence-corrected chi connectivity index (χ3v) is 4.96. The van der Waals surface area contributed by atoms with Crippen LogP contribution in [0.4, 0.5) is 11.6 Å². The van der Waals surface area contributed by atoms with Crippen LogP contribution in [0, 0.1) is 10.1 Å². The highest BCUT2D eigenvalue weighted by Gasteiger charge is 2.40. The number of nitro groups is 1. The molecule has 1 fully saturated rings. The number of hydrogen-bond acceptors (Lipinski definition) is 7. The molecule has 0 radical (unpaired) electrons. The third kappa shape index (κ3) is 4.08. The lowest BCUT2D eigenvalue weighted by molar-refractivity contribution is -0.389. The van der Waals surface area contributed by atoms with E-state index in [1.54, 1.807) is 24.3 Å². The minimum atomic E-state index is -0.979. The van der Waals surface area contributed by atoms with Crippen LogP contribution in [0.25, 0.3) is 0 Å². The molecule has 2 unspecified atom stereocenters. The van der Waals surface area contributed by atoms with Crippen LogP contribution >= 0.6 is 0 Å². The fourth-order valence-electron chi connectivity index (χ4n) is 3.46. The maximum atomic E-state index is 13.2. The molecule has 0 saturated carbocycles. The minimum absolute atomic E-state index is 0.0436. The van der Waals surface area contributed by atoms with Gasteiger partial charge in [-0.3, -0.25) is 14.5 Å². The largest absolute Gasteiger partial charge is 0.469 e. The molecule has 1 N–H and O–H groups in total. The number of rotatable bonds is 6. The number of ether oxygens (including phenoxy) is 2. The molecule has 2 amide bonds. The molecule has 4 rings (SSSR count). The lowest BCUT2D eigenvalue weighted by Crippen LogP contribution is -2.47. The van der Waals surface area contributed by atoms with E-state index in [-0.39, 0.29) is 24.2 Å². The molecule has 1 aromatic heterocycles. The van der Waals surface area contributed by atoms with Gasteiger partial charge in [0.05, 0.1) is 6.10 Å². The van der Waals surface area contributed by atoms with Crippen LogP contribution in [0.15, 0.2) is 42.5 Å². The number of nitrogens with one attached hydrogen (secondary N) is 1. The van der Waals surface area contributed by atoms with Gasteiger partial charge >= 0.3 is 5.82 Å². The molecule has 30 heavy (non-hydrogen) atoms. The topological polar surface area (TPSA) is 124 Å². The van der Waals surface area contributed by atoms with E-state index < -0.39 is 28.7 Å². The van der Waals surface area contributed by atoms with Gasteiger partial charge in [-0.05, 0) is 28.8 Å². The molecule has 2 aliphatic rings. The number of carbonyl (C=O) groups excluding carboxylic acids is 2. The van der Waals surface area contributed by atoms with E-state index in [1.807, 2.05) is 6.07 Å². The fraction of sp³-hybridized carbons (Fsp3) is 0.350. The molecule has 0 aliphatic carbocycles. The number of carbonyl (C=O) groups is 2. The summed E-state index contributed by atoms with van der Waals surface area (Å²) >= 11 is 0. The van der Waals surface area contributed by atoms with Crippen molar-refractivity contribution < 1.29 is 24.0 Å². The van der Waals surface area contributed by atoms with Crippen molar-refractivity contribution in [1.82, 2.24) is 10.3 Å². The van der Waals surface area contributed by atoms with Crippen LogP contribution < -0.4 is 15.0 Å². The molecule has 2 atom stereocenters. The molecule has 10 nitrogen and oxygen atoms in total. The van der Waals surface area contributed by atoms with Gasteiger partial charge in [0.25, 0.3) is 11.7 Å². The van der Waals surface area contributed by atoms with Gasteiger partial charge in [-0.1, -0.05) is 30.3 Å². The van der Waals surface area contributed by atoms with Crippen LogP contribution in [0.1, 0.15) is 24.5 Å². The molecular weight excluding hydrogens is 392 g/mol. The van der Waals surface area contributed by atoms with Gasteiger partial charge in [0.1, 0.15) is 6.54 Å². The van der Waals surface area contributed by atoms with Crippen molar-refractivity contribution in [3.8, 4) is 5.75 Å². The summed E-state index contributed by atoms with van der Waals surface area (Å²) in [6.45, 7) is 0.677. The fourth-order valence-corrected chi connectivity index (χ4v) is 3.46. The van der Waals surface area contributed by atoms with E-state index in [0.717, 1.165) is 17.7 Å².